The lowest BCUT2D eigenvalue weighted by molar-refractivity contribution is -0.153. The number of hydrogen-bond acceptors (Lipinski definition) is 12. The molecule has 2 aliphatic carbocycles. The Kier molecular flexibility index (Phi) is 13.0. The molecule has 0 aliphatic heterocycles. The number of esters is 4. The fourth-order valence-electron chi connectivity index (χ4n) is 7.23. The third kappa shape index (κ3) is 10.6. The van der Waals surface area contributed by atoms with Gasteiger partial charge >= 0.3 is 23.9 Å². The van der Waals surface area contributed by atoms with Crippen molar-refractivity contribution in [3.63, 3.8) is 0 Å². The molecule has 0 spiro atoms. The zero-order chi connectivity index (χ0) is 38.9. The highest BCUT2D eigenvalue weighted by molar-refractivity contribution is 5.91. The summed E-state index contributed by atoms with van der Waals surface area (Å²) in [5.74, 6) is -1.33. The zero-order valence-electron chi connectivity index (χ0n) is 31.3. The van der Waals surface area contributed by atoms with Crippen LogP contribution >= 0.6 is 0 Å². The number of hydrogen-bond donors (Lipinski definition) is 2. The highest BCUT2D eigenvalue weighted by Gasteiger charge is 2.32. The zero-order valence-corrected chi connectivity index (χ0v) is 31.3. The van der Waals surface area contributed by atoms with Gasteiger partial charge in [-0.15, -0.1) is 0 Å². The summed E-state index contributed by atoms with van der Waals surface area (Å²) in [4.78, 5) is 61.2. The van der Waals surface area contributed by atoms with Gasteiger partial charge in [0.05, 0.1) is 23.2 Å². The lowest BCUT2D eigenvalue weighted by Crippen LogP contribution is -2.30. The standard InChI is InChI=1S/C43H48N2O10/c1-3-35-26(2)44-40-36(54-42(50)29-10-18-33(19-11-29)52-38(48)24-8-27-4-14-31(46)15-5-27)22-23-37(41(40)45-35)55-43(51)30-12-20-34(21-13-30)53-39(49)25-9-28-6-16-32(47)17-7-28/h4-7,14-17,22-23,29-30,33-34,46-47H,3,8-13,18-21,24-25H2,1-2H3/t29-,30-,33-,34-. The number of rotatable bonds is 13. The fraction of sp³-hybridized carbons (Fsp3) is 0.442. The molecule has 0 amide bonds. The molecule has 0 saturated heterocycles. The van der Waals surface area contributed by atoms with E-state index >= 15 is 0 Å². The summed E-state index contributed by atoms with van der Waals surface area (Å²) < 4.78 is 23.2. The predicted octanol–water partition coefficient (Wildman–Crippen LogP) is 7.19. The average molecular weight is 753 g/mol. The van der Waals surface area contributed by atoms with Gasteiger partial charge < -0.3 is 29.2 Å². The summed E-state index contributed by atoms with van der Waals surface area (Å²) in [6.45, 7) is 3.79. The maximum atomic E-state index is 13.4. The van der Waals surface area contributed by atoms with Crippen LogP contribution in [0, 0.1) is 18.8 Å². The third-order valence-corrected chi connectivity index (χ3v) is 10.5. The molecule has 2 saturated carbocycles. The van der Waals surface area contributed by atoms with Gasteiger partial charge in [-0.3, -0.25) is 19.2 Å². The fourth-order valence-corrected chi connectivity index (χ4v) is 7.23. The number of carbonyl (C=O) groups excluding carboxylic acids is 4. The van der Waals surface area contributed by atoms with Crippen LogP contribution in [0.4, 0.5) is 0 Å². The molecule has 1 aromatic heterocycles. The molecule has 0 bridgehead atoms. The van der Waals surface area contributed by atoms with E-state index in [4.69, 9.17) is 28.9 Å². The Balaban J connectivity index is 1.01. The normalized spacial score (nSPS) is 19.7. The van der Waals surface area contributed by atoms with E-state index in [2.05, 4.69) is 0 Å². The van der Waals surface area contributed by atoms with Crippen molar-refractivity contribution in [1.29, 1.82) is 0 Å². The van der Waals surface area contributed by atoms with Crippen molar-refractivity contribution in [2.45, 2.75) is 110 Å². The van der Waals surface area contributed by atoms with E-state index in [-0.39, 0.29) is 71.8 Å². The van der Waals surface area contributed by atoms with Crippen LogP contribution in [0.3, 0.4) is 0 Å². The van der Waals surface area contributed by atoms with Crippen LogP contribution in [0.5, 0.6) is 23.0 Å². The first-order valence-electron chi connectivity index (χ1n) is 19.2. The Labute approximate surface area is 320 Å². The second-order valence-corrected chi connectivity index (χ2v) is 14.5. The van der Waals surface area contributed by atoms with E-state index in [0.29, 0.717) is 87.4 Å². The molecule has 0 unspecified atom stereocenters. The minimum atomic E-state index is -0.403. The average Bonchev–Trinajstić information content (AvgIpc) is 3.18. The van der Waals surface area contributed by atoms with Crippen molar-refractivity contribution >= 4 is 34.9 Å². The molecule has 12 heteroatoms. The number of aromatic nitrogens is 2. The first-order chi connectivity index (χ1) is 26.5. The molecule has 6 rings (SSSR count). The molecule has 3 aromatic carbocycles. The summed E-state index contributed by atoms with van der Waals surface area (Å²) >= 11 is 0. The molecule has 2 N–H and O–H groups in total. The van der Waals surface area contributed by atoms with Crippen molar-refractivity contribution in [2.75, 3.05) is 0 Å². The van der Waals surface area contributed by atoms with Gasteiger partial charge in [0, 0.05) is 12.8 Å². The summed E-state index contributed by atoms with van der Waals surface area (Å²) in [5, 5.41) is 18.9. The molecule has 290 valence electrons. The molecule has 4 aromatic rings. The maximum absolute atomic E-state index is 13.4. The number of phenols is 2. The van der Waals surface area contributed by atoms with Crippen LogP contribution < -0.4 is 9.47 Å². The molecular formula is C43H48N2O10. The summed E-state index contributed by atoms with van der Waals surface area (Å²) in [6.07, 6.45) is 5.78. The minimum Gasteiger partial charge on any atom is -0.508 e. The maximum Gasteiger partial charge on any atom is 0.314 e. The van der Waals surface area contributed by atoms with Crippen LogP contribution in [0.2, 0.25) is 0 Å². The number of fused-ring (bicyclic) bond motifs is 1. The number of carbonyl (C=O) groups is 4. The van der Waals surface area contributed by atoms with Crippen molar-refractivity contribution < 1.29 is 48.3 Å². The molecule has 12 nitrogen and oxygen atoms in total. The van der Waals surface area contributed by atoms with E-state index in [0.717, 1.165) is 16.8 Å². The van der Waals surface area contributed by atoms with Crippen molar-refractivity contribution in [2.24, 2.45) is 11.8 Å². The van der Waals surface area contributed by atoms with Gasteiger partial charge in [-0.25, -0.2) is 9.97 Å². The smallest absolute Gasteiger partial charge is 0.314 e. The van der Waals surface area contributed by atoms with Gasteiger partial charge in [-0.2, -0.15) is 0 Å². The number of ether oxygens (including phenoxy) is 4. The quantitative estimate of drug-likeness (QED) is 0.104. The van der Waals surface area contributed by atoms with E-state index in [1.165, 1.54) is 0 Å². The second-order valence-electron chi connectivity index (χ2n) is 14.5. The monoisotopic (exact) mass is 752 g/mol. The number of benzene rings is 3. The number of aromatic hydroxyl groups is 2. The van der Waals surface area contributed by atoms with Crippen LogP contribution in [-0.4, -0.2) is 56.3 Å². The van der Waals surface area contributed by atoms with Crippen LogP contribution in [-0.2, 0) is 47.9 Å². The summed E-state index contributed by atoms with van der Waals surface area (Å²) in [7, 11) is 0. The van der Waals surface area contributed by atoms with Gasteiger partial charge in [0.15, 0.2) is 11.5 Å². The van der Waals surface area contributed by atoms with Crippen LogP contribution in [0.1, 0.15) is 93.6 Å². The van der Waals surface area contributed by atoms with Gasteiger partial charge in [0.2, 0.25) is 0 Å². The lowest BCUT2D eigenvalue weighted by atomic mass is 9.87. The molecule has 0 atom stereocenters. The number of phenolic OH excluding ortho intramolecular Hbond substituents is 2. The van der Waals surface area contributed by atoms with Crippen LogP contribution in [0.15, 0.2) is 60.7 Å². The largest absolute Gasteiger partial charge is 0.508 e. The van der Waals surface area contributed by atoms with Crippen molar-refractivity contribution in [3.05, 3.63) is 83.2 Å². The SMILES string of the molecule is CCc1nc2c(OC(=O)[C@H]3CC[C@H](OC(=O)CCc4ccc(O)cc4)CC3)ccc(OC(=O)[C@H]3CC[C@H](OC(=O)CCc4ccc(O)cc4)CC3)c2nc1C. The first-order valence-corrected chi connectivity index (χ1v) is 19.2. The Hall–Kier alpha value is -5.52. The van der Waals surface area contributed by atoms with Gasteiger partial charge in [-0.1, -0.05) is 31.2 Å². The van der Waals surface area contributed by atoms with E-state index in [9.17, 15) is 29.4 Å². The van der Waals surface area contributed by atoms with E-state index in [1.54, 1.807) is 60.7 Å². The molecule has 55 heavy (non-hydrogen) atoms. The Morgan fingerprint density at radius 2 is 1.00 bits per heavy atom. The topological polar surface area (TPSA) is 171 Å². The predicted molar refractivity (Wildman–Crippen MR) is 201 cm³/mol. The Morgan fingerprint density at radius 3 is 1.40 bits per heavy atom. The second kappa shape index (κ2) is 18.2. The Bertz CT molecular complexity index is 1980. The third-order valence-electron chi connectivity index (χ3n) is 10.5. The van der Waals surface area contributed by atoms with Crippen LogP contribution in [0.25, 0.3) is 11.0 Å². The minimum absolute atomic E-state index is 0.176. The highest BCUT2D eigenvalue weighted by Crippen LogP contribution is 2.36. The summed E-state index contributed by atoms with van der Waals surface area (Å²) in [5.41, 5.74) is 3.94. The molecule has 2 aliphatic rings. The number of nitrogens with zero attached hydrogens (tertiary/aromatic N) is 2. The van der Waals surface area contributed by atoms with Crippen molar-refractivity contribution in [1.82, 2.24) is 9.97 Å². The van der Waals surface area contributed by atoms with Gasteiger partial charge in [0.25, 0.3) is 0 Å². The van der Waals surface area contributed by atoms with E-state index in [1.807, 2.05) is 13.8 Å². The number of aryl methyl sites for hydroxylation is 4. The molecule has 0 radical (unpaired) electrons. The van der Waals surface area contributed by atoms with Gasteiger partial charge in [0.1, 0.15) is 34.7 Å². The lowest BCUT2D eigenvalue weighted by Gasteiger charge is -2.27. The highest BCUT2D eigenvalue weighted by atomic mass is 16.6. The van der Waals surface area contributed by atoms with Crippen molar-refractivity contribution in [3.8, 4) is 23.0 Å². The van der Waals surface area contributed by atoms with E-state index < -0.39 is 11.9 Å². The molecular weight excluding hydrogens is 704 g/mol. The van der Waals surface area contributed by atoms with Gasteiger partial charge in [-0.05, 0) is 125 Å². The molecule has 2 fully saturated rings. The Morgan fingerprint density at radius 1 is 0.600 bits per heavy atom. The molecule has 1 heterocycles. The first kappa shape index (κ1) is 39.2. The summed E-state index contributed by atoms with van der Waals surface area (Å²) in [6, 6.07) is 16.6.